The highest BCUT2D eigenvalue weighted by Gasteiger charge is 2.31. The van der Waals surface area contributed by atoms with Gasteiger partial charge in [-0.05, 0) is 88.0 Å². The van der Waals surface area contributed by atoms with Crippen LogP contribution >= 0.6 is 0 Å². The van der Waals surface area contributed by atoms with E-state index in [2.05, 4.69) is 26.8 Å². The molecule has 4 nitrogen and oxygen atoms in total. The van der Waals surface area contributed by atoms with Crippen LogP contribution in [0.2, 0.25) is 0 Å². The van der Waals surface area contributed by atoms with Gasteiger partial charge in [0.2, 0.25) is 0 Å². The first-order chi connectivity index (χ1) is 12.5. The SMILES string of the molecule is CC(C)(C)OC(=O)N1CCc2cc(OC3CCC(C(C)(C)C)CC3)ccc21. The molecule has 0 aromatic heterocycles. The fourth-order valence-electron chi connectivity index (χ4n) is 4.20. The van der Waals surface area contributed by atoms with Crippen LogP contribution in [0, 0.1) is 11.3 Å². The number of ether oxygens (including phenoxy) is 2. The predicted molar refractivity (Wildman–Crippen MR) is 110 cm³/mol. The molecule has 0 spiro atoms. The molecule has 1 aromatic carbocycles. The first-order valence-electron chi connectivity index (χ1n) is 10.3. The van der Waals surface area contributed by atoms with Crippen molar-refractivity contribution in [2.24, 2.45) is 11.3 Å². The van der Waals surface area contributed by atoms with Gasteiger partial charge in [-0.15, -0.1) is 0 Å². The van der Waals surface area contributed by atoms with E-state index >= 15 is 0 Å². The van der Waals surface area contributed by atoms with Crippen LogP contribution < -0.4 is 9.64 Å². The second kappa shape index (κ2) is 7.37. The number of rotatable bonds is 2. The number of fused-ring (bicyclic) bond motifs is 1. The third-order valence-corrected chi connectivity index (χ3v) is 5.76. The van der Waals surface area contributed by atoms with Crippen LogP contribution in [0.3, 0.4) is 0 Å². The third-order valence-electron chi connectivity index (χ3n) is 5.76. The Hall–Kier alpha value is -1.71. The fraction of sp³-hybridized carbons (Fsp3) is 0.696. The number of hydrogen-bond acceptors (Lipinski definition) is 3. The van der Waals surface area contributed by atoms with Crippen molar-refractivity contribution >= 4 is 11.8 Å². The molecule has 4 heteroatoms. The Bertz CT molecular complexity index is 676. The molecule has 3 rings (SSSR count). The van der Waals surface area contributed by atoms with Gasteiger partial charge in [0.15, 0.2) is 0 Å². The van der Waals surface area contributed by atoms with Crippen LogP contribution in [-0.2, 0) is 11.2 Å². The Balaban J connectivity index is 1.60. The molecule has 1 amide bonds. The summed E-state index contributed by atoms with van der Waals surface area (Å²) in [6, 6.07) is 6.11. The Morgan fingerprint density at radius 3 is 2.30 bits per heavy atom. The van der Waals surface area contributed by atoms with E-state index in [0.29, 0.717) is 18.1 Å². The van der Waals surface area contributed by atoms with Gasteiger partial charge < -0.3 is 9.47 Å². The van der Waals surface area contributed by atoms with E-state index in [-0.39, 0.29) is 6.09 Å². The smallest absolute Gasteiger partial charge is 0.414 e. The number of anilines is 1. The molecule has 1 aromatic rings. The summed E-state index contributed by atoms with van der Waals surface area (Å²) < 4.78 is 11.8. The lowest BCUT2D eigenvalue weighted by atomic mass is 9.72. The molecular formula is C23H35NO3. The maximum Gasteiger partial charge on any atom is 0.414 e. The van der Waals surface area contributed by atoms with Gasteiger partial charge in [0.05, 0.1) is 11.8 Å². The summed E-state index contributed by atoms with van der Waals surface area (Å²) in [6.07, 6.45) is 5.63. The van der Waals surface area contributed by atoms with Gasteiger partial charge in [0.1, 0.15) is 11.4 Å². The van der Waals surface area contributed by atoms with Crippen molar-refractivity contribution in [1.82, 2.24) is 0 Å². The summed E-state index contributed by atoms with van der Waals surface area (Å²) in [5.41, 5.74) is 2.04. The number of carbonyl (C=O) groups excluding carboxylic acids is 1. The molecule has 0 bridgehead atoms. The maximum atomic E-state index is 12.4. The Morgan fingerprint density at radius 2 is 1.70 bits per heavy atom. The lowest BCUT2D eigenvalue weighted by Crippen LogP contribution is -2.35. The van der Waals surface area contributed by atoms with E-state index in [1.807, 2.05) is 32.9 Å². The van der Waals surface area contributed by atoms with Gasteiger partial charge in [-0.3, -0.25) is 4.90 Å². The molecule has 0 unspecified atom stereocenters. The van der Waals surface area contributed by atoms with Crippen molar-refractivity contribution in [2.75, 3.05) is 11.4 Å². The number of nitrogens with zero attached hydrogens (tertiary/aromatic N) is 1. The number of carbonyl (C=O) groups is 1. The molecule has 0 atom stereocenters. The Morgan fingerprint density at radius 1 is 1.04 bits per heavy atom. The minimum Gasteiger partial charge on any atom is -0.490 e. The molecular weight excluding hydrogens is 338 g/mol. The maximum absolute atomic E-state index is 12.4. The highest BCUT2D eigenvalue weighted by Crippen LogP contribution is 2.39. The second-order valence-electron chi connectivity index (χ2n) is 10.1. The molecule has 27 heavy (non-hydrogen) atoms. The quantitative estimate of drug-likeness (QED) is 0.641. The predicted octanol–water partition coefficient (Wildman–Crippen LogP) is 5.97. The van der Waals surface area contributed by atoms with Crippen molar-refractivity contribution < 1.29 is 14.3 Å². The lowest BCUT2D eigenvalue weighted by Gasteiger charge is -2.37. The Labute approximate surface area is 164 Å². The van der Waals surface area contributed by atoms with Gasteiger partial charge >= 0.3 is 6.09 Å². The van der Waals surface area contributed by atoms with E-state index in [1.54, 1.807) is 4.90 Å². The zero-order valence-corrected chi connectivity index (χ0v) is 17.8. The number of hydrogen-bond donors (Lipinski definition) is 0. The van der Waals surface area contributed by atoms with E-state index in [0.717, 1.165) is 36.6 Å². The van der Waals surface area contributed by atoms with E-state index in [1.165, 1.54) is 18.4 Å². The molecule has 150 valence electrons. The van der Waals surface area contributed by atoms with Gasteiger partial charge in [-0.2, -0.15) is 0 Å². The van der Waals surface area contributed by atoms with Crippen LogP contribution in [-0.4, -0.2) is 24.3 Å². The van der Waals surface area contributed by atoms with Gasteiger partial charge in [-0.25, -0.2) is 4.79 Å². The summed E-state index contributed by atoms with van der Waals surface area (Å²) in [5.74, 6) is 1.72. The molecule has 1 fully saturated rings. The van der Waals surface area contributed by atoms with Gasteiger partial charge in [-0.1, -0.05) is 20.8 Å². The van der Waals surface area contributed by atoms with Crippen LogP contribution in [0.5, 0.6) is 5.75 Å². The van der Waals surface area contributed by atoms with Crippen molar-refractivity contribution in [3.05, 3.63) is 23.8 Å². The fourth-order valence-corrected chi connectivity index (χ4v) is 4.20. The molecule has 1 aliphatic heterocycles. The largest absolute Gasteiger partial charge is 0.490 e. The molecule has 1 aliphatic carbocycles. The summed E-state index contributed by atoms with van der Waals surface area (Å²) in [4.78, 5) is 14.1. The number of amides is 1. The third kappa shape index (κ3) is 4.97. The highest BCUT2D eigenvalue weighted by atomic mass is 16.6. The van der Waals surface area contributed by atoms with Crippen LogP contribution in [0.1, 0.15) is 72.8 Å². The second-order valence-corrected chi connectivity index (χ2v) is 10.1. The lowest BCUT2D eigenvalue weighted by molar-refractivity contribution is 0.0584. The average Bonchev–Trinajstić information content (AvgIpc) is 2.96. The summed E-state index contributed by atoms with van der Waals surface area (Å²) in [6.45, 7) is 13.4. The van der Waals surface area contributed by atoms with Crippen LogP contribution in [0.25, 0.3) is 0 Å². The van der Waals surface area contributed by atoms with E-state index < -0.39 is 5.60 Å². The van der Waals surface area contributed by atoms with Crippen LogP contribution in [0.4, 0.5) is 10.5 Å². The Kier molecular flexibility index (Phi) is 5.47. The highest BCUT2D eigenvalue weighted by molar-refractivity contribution is 5.90. The van der Waals surface area contributed by atoms with Crippen molar-refractivity contribution in [2.45, 2.75) is 85.4 Å². The monoisotopic (exact) mass is 373 g/mol. The average molecular weight is 374 g/mol. The zero-order valence-electron chi connectivity index (χ0n) is 17.8. The summed E-state index contributed by atoms with van der Waals surface area (Å²) in [7, 11) is 0. The topological polar surface area (TPSA) is 38.8 Å². The van der Waals surface area contributed by atoms with E-state index in [4.69, 9.17) is 9.47 Å². The summed E-state index contributed by atoms with van der Waals surface area (Å²) >= 11 is 0. The minimum absolute atomic E-state index is 0.268. The van der Waals surface area contributed by atoms with Crippen molar-refractivity contribution in [3.63, 3.8) is 0 Å². The molecule has 0 radical (unpaired) electrons. The first-order valence-corrected chi connectivity index (χ1v) is 10.3. The minimum atomic E-state index is -0.477. The van der Waals surface area contributed by atoms with Crippen molar-refractivity contribution in [1.29, 1.82) is 0 Å². The standard InChI is InChI=1S/C23H35NO3/c1-22(2,3)17-7-9-18(10-8-17)26-19-11-12-20-16(15-19)13-14-24(20)21(25)27-23(4,5)6/h11-12,15,17-18H,7-10,13-14H2,1-6H3. The van der Waals surface area contributed by atoms with E-state index in [9.17, 15) is 4.79 Å². The molecule has 0 saturated heterocycles. The molecule has 1 saturated carbocycles. The van der Waals surface area contributed by atoms with Gasteiger partial charge in [0.25, 0.3) is 0 Å². The first kappa shape index (κ1) is 20.0. The summed E-state index contributed by atoms with van der Waals surface area (Å²) in [5, 5.41) is 0. The van der Waals surface area contributed by atoms with Crippen molar-refractivity contribution in [3.8, 4) is 5.75 Å². The zero-order chi connectivity index (χ0) is 19.8. The molecule has 1 heterocycles. The van der Waals surface area contributed by atoms with Crippen LogP contribution in [0.15, 0.2) is 18.2 Å². The normalized spacial score (nSPS) is 23.1. The molecule has 0 N–H and O–H groups in total. The number of benzene rings is 1. The molecule has 2 aliphatic rings. The van der Waals surface area contributed by atoms with Gasteiger partial charge in [0, 0.05) is 6.54 Å².